The molecule has 0 radical (unpaired) electrons. The predicted octanol–water partition coefficient (Wildman–Crippen LogP) is 3.67. The second-order valence-electron chi connectivity index (χ2n) is 10.6. The van der Waals surface area contributed by atoms with Crippen LogP contribution in [0.2, 0.25) is 0 Å². The van der Waals surface area contributed by atoms with Crippen molar-refractivity contribution in [2.24, 2.45) is 5.92 Å². The van der Waals surface area contributed by atoms with E-state index in [-0.39, 0.29) is 35.9 Å². The molecule has 2 aliphatic rings. The first-order valence-corrected chi connectivity index (χ1v) is 14.5. The summed E-state index contributed by atoms with van der Waals surface area (Å²) in [4.78, 5) is 14.7. The Hall–Kier alpha value is -2.54. The number of benzene rings is 2. The molecule has 2 saturated heterocycles. The van der Waals surface area contributed by atoms with Crippen LogP contribution < -0.4 is 5.32 Å². The Balaban J connectivity index is 1.66. The Morgan fingerprint density at radius 1 is 1.15 bits per heavy atom. The molecule has 2 fully saturated rings. The normalized spacial score (nSPS) is 25.1. The van der Waals surface area contributed by atoms with Crippen molar-refractivity contribution in [1.82, 2.24) is 10.2 Å². The third-order valence-electron chi connectivity index (χ3n) is 7.08. The van der Waals surface area contributed by atoms with E-state index in [1.807, 2.05) is 0 Å². The fourth-order valence-electron chi connectivity index (χ4n) is 5.28. The number of sulfone groups is 1. The van der Waals surface area contributed by atoms with E-state index in [9.17, 15) is 35.9 Å². The number of alkyl halides is 4. The molecule has 4 rings (SSSR count). The van der Waals surface area contributed by atoms with Gasteiger partial charge in [-0.3, -0.25) is 10.1 Å². The Kier molecular flexibility index (Phi) is 8.42. The molecule has 7 nitrogen and oxygen atoms in total. The van der Waals surface area contributed by atoms with Gasteiger partial charge in [-0.1, -0.05) is 44.2 Å². The highest BCUT2D eigenvalue weighted by Crippen LogP contribution is 2.37. The molecule has 0 bridgehead atoms. The Labute approximate surface area is 225 Å². The summed E-state index contributed by atoms with van der Waals surface area (Å²) < 4.78 is 87.1. The van der Waals surface area contributed by atoms with Gasteiger partial charge in [-0.15, -0.1) is 0 Å². The van der Waals surface area contributed by atoms with Gasteiger partial charge in [0.15, 0.2) is 9.84 Å². The molecule has 39 heavy (non-hydrogen) atoms. The maximum absolute atomic E-state index is 14.5. The van der Waals surface area contributed by atoms with Gasteiger partial charge >= 0.3 is 6.18 Å². The maximum atomic E-state index is 14.5. The first-order chi connectivity index (χ1) is 18.2. The minimum absolute atomic E-state index is 0.0339. The van der Waals surface area contributed by atoms with Crippen LogP contribution in [0.25, 0.3) is 11.1 Å². The van der Waals surface area contributed by atoms with Crippen LogP contribution in [0.5, 0.6) is 0 Å². The van der Waals surface area contributed by atoms with Crippen LogP contribution in [-0.2, 0) is 19.4 Å². The van der Waals surface area contributed by atoms with Crippen LogP contribution in [0.15, 0.2) is 53.4 Å². The molecule has 2 heterocycles. The lowest BCUT2D eigenvalue weighted by molar-refractivity contribution is -0.163. The van der Waals surface area contributed by atoms with Crippen LogP contribution in [0.1, 0.15) is 31.9 Å². The first kappa shape index (κ1) is 29.4. The van der Waals surface area contributed by atoms with Crippen molar-refractivity contribution in [3.8, 4) is 11.1 Å². The number of carbonyl (C=O) groups is 1. The minimum Gasteiger partial charge on any atom is -0.388 e. The smallest absolute Gasteiger partial charge is 0.388 e. The van der Waals surface area contributed by atoms with E-state index < -0.39 is 58.4 Å². The number of nitrogens with zero attached hydrogens (tertiary/aromatic N) is 1. The molecule has 2 aromatic rings. The summed E-state index contributed by atoms with van der Waals surface area (Å²) in [6, 6.07) is 6.98. The fourth-order valence-corrected chi connectivity index (χ4v) is 5.94. The SMILES string of the molecule is CC(C)CC(N[C@@H](c1cccc(-c2cccc(S(C)(=O)=O)c2)c1)C(F)(F)F)C(=O)N1C[C@H](F)[C@H]2OC[C@H](O)[C@H]21. The van der Waals surface area contributed by atoms with Crippen LogP contribution >= 0.6 is 0 Å². The molecule has 214 valence electrons. The summed E-state index contributed by atoms with van der Waals surface area (Å²) >= 11 is 0. The molecule has 1 amide bonds. The number of likely N-dealkylation sites (tertiary alicyclic amines) is 1. The molecule has 6 atom stereocenters. The predicted molar refractivity (Wildman–Crippen MR) is 136 cm³/mol. The summed E-state index contributed by atoms with van der Waals surface area (Å²) in [5, 5.41) is 12.8. The van der Waals surface area contributed by atoms with Crippen LogP contribution in [-0.4, -0.2) is 80.4 Å². The van der Waals surface area contributed by atoms with E-state index in [0.29, 0.717) is 11.1 Å². The van der Waals surface area contributed by atoms with Gasteiger partial charge in [-0.2, -0.15) is 13.2 Å². The molecule has 12 heteroatoms. The third-order valence-corrected chi connectivity index (χ3v) is 8.19. The Bertz CT molecular complexity index is 1300. The lowest BCUT2D eigenvalue weighted by atomic mass is 9.96. The third kappa shape index (κ3) is 6.45. The van der Waals surface area contributed by atoms with E-state index in [2.05, 4.69) is 5.32 Å². The number of ether oxygens (including phenoxy) is 1. The molecule has 1 unspecified atom stereocenters. The minimum atomic E-state index is -4.80. The Morgan fingerprint density at radius 3 is 2.41 bits per heavy atom. The molecule has 2 aliphatic heterocycles. The largest absolute Gasteiger partial charge is 0.407 e. The number of hydrogen-bond donors (Lipinski definition) is 2. The number of rotatable bonds is 8. The highest BCUT2D eigenvalue weighted by molar-refractivity contribution is 7.90. The van der Waals surface area contributed by atoms with Gasteiger partial charge in [0.2, 0.25) is 5.91 Å². The number of hydrogen-bond acceptors (Lipinski definition) is 6. The lowest BCUT2D eigenvalue weighted by Gasteiger charge is -2.33. The zero-order chi connectivity index (χ0) is 28.7. The summed E-state index contributed by atoms with van der Waals surface area (Å²) in [5.41, 5.74) is 0.621. The van der Waals surface area contributed by atoms with E-state index >= 15 is 0 Å². The van der Waals surface area contributed by atoms with E-state index in [0.717, 1.165) is 11.2 Å². The van der Waals surface area contributed by atoms with Crippen LogP contribution in [0.3, 0.4) is 0 Å². The standard InChI is InChI=1S/C27H32F4N2O5S/c1-15(2)10-21(26(35)33-13-20(28)24-23(33)22(34)14-38-24)32-25(27(29,30)31)18-8-4-6-16(11-18)17-7-5-9-19(12-17)39(3,36)37/h4-9,11-12,15,20-25,32,34H,10,13-14H2,1-3H3/t20-,21?,22-,23+,24+,25-/m0/s1. The van der Waals surface area contributed by atoms with Crippen molar-refractivity contribution in [2.45, 2.75) is 67.8 Å². The fraction of sp³-hybridized carbons (Fsp3) is 0.519. The van der Waals surface area contributed by atoms with Crippen molar-refractivity contribution in [1.29, 1.82) is 0 Å². The first-order valence-electron chi connectivity index (χ1n) is 12.6. The second kappa shape index (κ2) is 11.1. The van der Waals surface area contributed by atoms with Gasteiger partial charge in [0, 0.05) is 6.26 Å². The number of amides is 1. The highest BCUT2D eigenvalue weighted by atomic mass is 32.2. The summed E-state index contributed by atoms with van der Waals surface area (Å²) in [6.45, 7) is 3.00. The van der Waals surface area contributed by atoms with E-state index in [4.69, 9.17) is 4.74 Å². The monoisotopic (exact) mass is 572 g/mol. The second-order valence-corrected chi connectivity index (χ2v) is 12.6. The average Bonchev–Trinajstić information content (AvgIpc) is 3.40. The molecule has 0 spiro atoms. The van der Waals surface area contributed by atoms with Crippen molar-refractivity contribution in [3.05, 3.63) is 54.1 Å². The molecule has 0 aliphatic carbocycles. The van der Waals surface area contributed by atoms with Crippen molar-refractivity contribution >= 4 is 15.7 Å². The van der Waals surface area contributed by atoms with Crippen LogP contribution in [0, 0.1) is 5.92 Å². The maximum Gasteiger partial charge on any atom is 0.407 e. The van der Waals surface area contributed by atoms with Crippen LogP contribution in [0.4, 0.5) is 17.6 Å². The molecule has 2 aromatic carbocycles. The van der Waals surface area contributed by atoms with Crippen molar-refractivity contribution in [3.63, 3.8) is 0 Å². The number of carbonyl (C=O) groups excluding carboxylic acids is 1. The molecule has 0 aromatic heterocycles. The lowest BCUT2D eigenvalue weighted by Crippen LogP contribution is -2.54. The number of nitrogens with one attached hydrogen (secondary N) is 1. The topological polar surface area (TPSA) is 95.9 Å². The average molecular weight is 573 g/mol. The number of aliphatic hydroxyl groups is 1. The van der Waals surface area contributed by atoms with Gasteiger partial charge in [0.05, 0.1) is 30.1 Å². The number of fused-ring (bicyclic) bond motifs is 1. The Morgan fingerprint density at radius 2 is 1.79 bits per heavy atom. The summed E-state index contributed by atoms with van der Waals surface area (Å²) in [7, 11) is -3.53. The van der Waals surface area contributed by atoms with Gasteiger partial charge in [-0.25, -0.2) is 12.8 Å². The van der Waals surface area contributed by atoms with Gasteiger partial charge < -0.3 is 14.7 Å². The zero-order valence-electron chi connectivity index (χ0n) is 21.7. The number of aliphatic hydroxyl groups excluding tert-OH is 1. The van der Waals surface area contributed by atoms with Gasteiger partial charge in [0.1, 0.15) is 24.4 Å². The van der Waals surface area contributed by atoms with Gasteiger partial charge in [0.25, 0.3) is 0 Å². The summed E-state index contributed by atoms with van der Waals surface area (Å²) in [6.07, 6.45) is -7.40. The van der Waals surface area contributed by atoms with E-state index in [1.54, 1.807) is 26.0 Å². The zero-order valence-corrected chi connectivity index (χ0v) is 22.5. The van der Waals surface area contributed by atoms with Crippen molar-refractivity contribution in [2.75, 3.05) is 19.4 Å². The highest BCUT2D eigenvalue weighted by Gasteiger charge is 2.54. The van der Waals surface area contributed by atoms with Crippen molar-refractivity contribution < 1.29 is 40.6 Å². The molecular formula is C27H32F4N2O5S. The quantitative estimate of drug-likeness (QED) is 0.469. The molecule has 2 N–H and O–H groups in total. The number of halogens is 4. The van der Waals surface area contributed by atoms with E-state index in [1.165, 1.54) is 36.4 Å². The molecular weight excluding hydrogens is 540 g/mol. The summed E-state index contributed by atoms with van der Waals surface area (Å²) in [5.74, 6) is -0.899. The molecule has 0 saturated carbocycles. The van der Waals surface area contributed by atoms with Gasteiger partial charge in [-0.05, 0) is 47.2 Å².